The molecule has 116 valence electrons. The van der Waals surface area contributed by atoms with Gasteiger partial charge < -0.3 is 5.32 Å². The van der Waals surface area contributed by atoms with Gasteiger partial charge in [0.05, 0.1) is 26.6 Å². The van der Waals surface area contributed by atoms with Crippen molar-refractivity contribution in [3.05, 3.63) is 31.9 Å². The summed E-state index contributed by atoms with van der Waals surface area (Å²) in [6.07, 6.45) is 3.05. The zero-order valence-electron chi connectivity index (χ0n) is 13.1. The van der Waals surface area contributed by atoms with Gasteiger partial charge in [-0.2, -0.15) is 5.10 Å². The summed E-state index contributed by atoms with van der Waals surface area (Å²) in [4.78, 5) is 4.59. The summed E-state index contributed by atoms with van der Waals surface area (Å²) in [5.74, 6) is 0. The third-order valence-corrected chi connectivity index (χ3v) is 5.36. The molecule has 0 spiro atoms. The molecule has 21 heavy (non-hydrogen) atoms. The maximum absolute atomic E-state index is 4.59. The quantitative estimate of drug-likeness (QED) is 0.811. The topological polar surface area (TPSA) is 42.7 Å². The highest BCUT2D eigenvalue weighted by molar-refractivity contribution is 9.10. The van der Waals surface area contributed by atoms with Gasteiger partial charge in [0.2, 0.25) is 0 Å². The average molecular weight is 371 g/mol. The van der Waals surface area contributed by atoms with Crippen LogP contribution in [0.5, 0.6) is 0 Å². The predicted molar refractivity (Wildman–Crippen MR) is 92.0 cm³/mol. The zero-order chi connectivity index (χ0) is 15.4. The van der Waals surface area contributed by atoms with Gasteiger partial charge in [-0.1, -0.05) is 6.92 Å². The first-order valence-electron chi connectivity index (χ1n) is 7.33. The molecule has 2 aromatic heterocycles. The first-order chi connectivity index (χ1) is 10.0. The largest absolute Gasteiger partial charge is 0.313 e. The summed E-state index contributed by atoms with van der Waals surface area (Å²) in [6.45, 7) is 7.32. The zero-order valence-corrected chi connectivity index (χ0v) is 15.5. The van der Waals surface area contributed by atoms with Crippen LogP contribution in [0.2, 0.25) is 0 Å². The third kappa shape index (κ3) is 4.37. The van der Waals surface area contributed by atoms with E-state index in [1.165, 1.54) is 11.4 Å². The van der Waals surface area contributed by atoms with E-state index < -0.39 is 0 Å². The van der Waals surface area contributed by atoms with Crippen LogP contribution in [-0.2, 0) is 19.9 Å². The monoisotopic (exact) mass is 370 g/mol. The summed E-state index contributed by atoms with van der Waals surface area (Å²) in [5, 5.41) is 11.4. The Kier molecular flexibility index (Phi) is 5.96. The Morgan fingerprint density at radius 2 is 2.14 bits per heavy atom. The lowest BCUT2D eigenvalue weighted by Crippen LogP contribution is -2.34. The minimum absolute atomic E-state index is 0.387. The van der Waals surface area contributed by atoms with Gasteiger partial charge in [-0.05, 0) is 42.7 Å². The third-order valence-electron chi connectivity index (χ3n) is 3.51. The number of hydrogen-bond acceptors (Lipinski definition) is 4. The van der Waals surface area contributed by atoms with E-state index in [1.807, 2.05) is 18.7 Å². The highest BCUT2D eigenvalue weighted by Gasteiger charge is 2.17. The van der Waals surface area contributed by atoms with Gasteiger partial charge >= 0.3 is 0 Å². The van der Waals surface area contributed by atoms with Crippen LogP contribution in [0.4, 0.5) is 0 Å². The number of nitrogens with zero attached hydrogens (tertiary/aromatic N) is 3. The Balaban J connectivity index is 2.12. The van der Waals surface area contributed by atoms with Gasteiger partial charge in [0.15, 0.2) is 0 Å². The Hall–Kier alpha value is -0.720. The molecule has 0 amide bonds. The second-order valence-corrected chi connectivity index (χ2v) is 7.24. The summed E-state index contributed by atoms with van der Waals surface area (Å²) in [6, 6.07) is 0.387. The van der Waals surface area contributed by atoms with Crippen molar-refractivity contribution >= 4 is 27.3 Å². The highest BCUT2D eigenvalue weighted by atomic mass is 79.9. The van der Waals surface area contributed by atoms with Crippen molar-refractivity contribution in [3.63, 3.8) is 0 Å². The second-order valence-electron chi connectivity index (χ2n) is 5.39. The van der Waals surface area contributed by atoms with Gasteiger partial charge in [0, 0.05) is 31.3 Å². The Morgan fingerprint density at radius 3 is 2.67 bits per heavy atom. The molecule has 4 nitrogen and oxygen atoms in total. The number of thiazole rings is 1. The number of hydrogen-bond donors (Lipinski definition) is 1. The van der Waals surface area contributed by atoms with Crippen molar-refractivity contribution in [2.24, 2.45) is 7.05 Å². The summed E-state index contributed by atoms with van der Waals surface area (Å²) in [7, 11) is 2.01. The van der Waals surface area contributed by atoms with Crippen LogP contribution in [0.15, 0.2) is 9.85 Å². The molecule has 0 saturated carbocycles. The number of halogens is 1. The van der Waals surface area contributed by atoms with Crippen LogP contribution in [0.25, 0.3) is 0 Å². The number of aromatic nitrogens is 3. The molecule has 0 bridgehead atoms. The van der Waals surface area contributed by atoms with Gasteiger partial charge in [0.25, 0.3) is 0 Å². The molecule has 1 unspecified atom stereocenters. The molecular formula is C15H23BrN4S. The number of rotatable bonds is 7. The molecule has 6 heteroatoms. The predicted octanol–water partition coefficient (Wildman–Crippen LogP) is 3.41. The number of aryl methyl sites for hydroxylation is 3. The fourth-order valence-corrected chi connectivity index (χ4v) is 3.58. The maximum Gasteiger partial charge on any atom is 0.0897 e. The van der Waals surface area contributed by atoms with Gasteiger partial charge in [0.1, 0.15) is 0 Å². The van der Waals surface area contributed by atoms with E-state index in [0.717, 1.165) is 41.0 Å². The summed E-state index contributed by atoms with van der Waals surface area (Å²) >= 11 is 5.38. The molecule has 1 N–H and O–H groups in total. The first kappa shape index (κ1) is 16.6. The fourth-order valence-electron chi connectivity index (χ4n) is 2.45. The molecule has 0 aliphatic rings. The van der Waals surface area contributed by atoms with Crippen molar-refractivity contribution in [2.75, 3.05) is 6.54 Å². The Labute approximate surface area is 139 Å². The standard InChI is InChI=1S/C15H23BrN4S/c1-5-6-17-12(7-13-9-21-11(3)18-13)8-14-15(16)10(2)19-20(14)4/h9,12,17H,5-8H2,1-4H3. The van der Waals surface area contributed by atoms with Gasteiger partial charge in [-0.15, -0.1) is 11.3 Å². The lowest BCUT2D eigenvalue weighted by atomic mass is 10.1. The Bertz CT molecular complexity index is 591. The maximum atomic E-state index is 4.59. The first-order valence-corrected chi connectivity index (χ1v) is 9.00. The Morgan fingerprint density at radius 1 is 1.38 bits per heavy atom. The fraction of sp³-hybridized carbons (Fsp3) is 0.600. The van der Waals surface area contributed by atoms with Crippen molar-refractivity contribution < 1.29 is 0 Å². The molecular weight excluding hydrogens is 348 g/mol. The number of nitrogens with one attached hydrogen (secondary N) is 1. The highest BCUT2D eigenvalue weighted by Crippen LogP contribution is 2.22. The van der Waals surface area contributed by atoms with Crippen molar-refractivity contribution in [1.29, 1.82) is 0 Å². The molecule has 0 saturated heterocycles. The van der Waals surface area contributed by atoms with Crippen molar-refractivity contribution in [3.8, 4) is 0 Å². The normalized spacial score (nSPS) is 12.8. The summed E-state index contributed by atoms with van der Waals surface area (Å²) < 4.78 is 3.11. The molecule has 2 rings (SSSR count). The van der Waals surface area contributed by atoms with Crippen LogP contribution in [0.1, 0.15) is 35.4 Å². The second kappa shape index (κ2) is 7.51. The smallest absolute Gasteiger partial charge is 0.0897 e. The minimum Gasteiger partial charge on any atom is -0.313 e. The minimum atomic E-state index is 0.387. The van der Waals surface area contributed by atoms with Crippen molar-refractivity contribution in [1.82, 2.24) is 20.1 Å². The molecule has 1 atom stereocenters. The van der Waals surface area contributed by atoms with E-state index >= 15 is 0 Å². The molecule has 0 aliphatic carbocycles. The van der Waals surface area contributed by atoms with Gasteiger partial charge in [-0.3, -0.25) is 4.68 Å². The van der Waals surface area contributed by atoms with Crippen LogP contribution >= 0.6 is 27.3 Å². The van der Waals surface area contributed by atoms with E-state index in [9.17, 15) is 0 Å². The lowest BCUT2D eigenvalue weighted by Gasteiger charge is -2.18. The van der Waals surface area contributed by atoms with Crippen LogP contribution in [0, 0.1) is 13.8 Å². The van der Waals surface area contributed by atoms with E-state index in [4.69, 9.17) is 0 Å². The SMILES string of the molecule is CCCNC(Cc1csc(C)n1)Cc1c(Br)c(C)nn1C. The van der Waals surface area contributed by atoms with Crippen LogP contribution in [-0.4, -0.2) is 27.4 Å². The molecule has 0 fully saturated rings. The molecule has 2 aromatic rings. The van der Waals surface area contributed by atoms with Crippen LogP contribution < -0.4 is 5.32 Å². The van der Waals surface area contributed by atoms with E-state index in [-0.39, 0.29) is 0 Å². The van der Waals surface area contributed by atoms with Crippen LogP contribution in [0.3, 0.4) is 0 Å². The van der Waals surface area contributed by atoms with E-state index in [0.29, 0.717) is 6.04 Å². The molecule has 0 aliphatic heterocycles. The molecule has 0 radical (unpaired) electrons. The van der Waals surface area contributed by atoms with E-state index in [2.05, 4.69) is 50.6 Å². The summed E-state index contributed by atoms with van der Waals surface area (Å²) in [5.41, 5.74) is 3.47. The van der Waals surface area contributed by atoms with Gasteiger partial charge in [-0.25, -0.2) is 4.98 Å². The molecule has 0 aromatic carbocycles. The average Bonchev–Trinajstić information content (AvgIpc) is 2.94. The van der Waals surface area contributed by atoms with E-state index in [1.54, 1.807) is 11.3 Å². The van der Waals surface area contributed by atoms with Crippen molar-refractivity contribution in [2.45, 2.75) is 46.1 Å². The lowest BCUT2D eigenvalue weighted by molar-refractivity contribution is 0.486. The molecule has 2 heterocycles.